The van der Waals surface area contributed by atoms with E-state index in [1.165, 1.54) is 12.1 Å². The Morgan fingerprint density at radius 3 is 2.89 bits per heavy atom. The first-order valence-electron chi connectivity index (χ1n) is 5.85. The predicted octanol–water partition coefficient (Wildman–Crippen LogP) is 2.44. The molecule has 100 valence electrons. The Hall–Kier alpha value is -1.69. The van der Waals surface area contributed by atoms with E-state index in [-0.39, 0.29) is 12.3 Å². The van der Waals surface area contributed by atoms with Crippen LogP contribution < -0.4 is 10.1 Å². The summed E-state index contributed by atoms with van der Waals surface area (Å²) in [5.74, 6) is 0.565. The number of hydrogen-bond acceptors (Lipinski definition) is 4. The standard InChI is InChI=1S/C12H17FN2O3/c1-2-14-9-10-8-11(15(16)17)4-5-12(10)18-7-3-6-13/h4-5,8,14H,2-3,6-7,9H2,1H3. The highest BCUT2D eigenvalue weighted by Gasteiger charge is 2.11. The first-order valence-corrected chi connectivity index (χ1v) is 5.85. The Labute approximate surface area is 105 Å². The lowest BCUT2D eigenvalue weighted by Gasteiger charge is -2.11. The van der Waals surface area contributed by atoms with Crippen molar-refractivity contribution in [3.8, 4) is 5.75 Å². The lowest BCUT2D eigenvalue weighted by atomic mass is 10.1. The van der Waals surface area contributed by atoms with Crippen molar-refractivity contribution in [2.75, 3.05) is 19.8 Å². The molecule has 0 spiro atoms. The van der Waals surface area contributed by atoms with Gasteiger partial charge in [-0.05, 0) is 12.6 Å². The highest BCUT2D eigenvalue weighted by atomic mass is 19.1. The number of nitrogens with one attached hydrogen (secondary N) is 1. The van der Waals surface area contributed by atoms with E-state index in [0.29, 0.717) is 24.3 Å². The highest BCUT2D eigenvalue weighted by molar-refractivity contribution is 5.43. The van der Waals surface area contributed by atoms with E-state index in [2.05, 4.69) is 5.32 Å². The largest absolute Gasteiger partial charge is 0.493 e. The van der Waals surface area contributed by atoms with Gasteiger partial charge in [-0.25, -0.2) is 0 Å². The Balaban J connectivity index is 2.82. The molecule has 0 atom stereocenters. The van der Waals surface area contributed by atoms with E-state index in [0.717, 1.165) is 6.54 Å². The number of non-ortho nitro benzene ring substituents is 1. The van der Waals surface area contributed by atoms with Crippen molar-refractivity contribution in [3.63, 3.8) is 0 Å². The van der Waals surface area contributed by atoms with Crippen molar-refractivity contribution >= 4 is 5.69 Å². The molecule has 0 fully saturated rings. The highest BCUT2D eigenvalue weighted by Crippen LogP contribution is 2.24. The third-order valence-electron chi connectivity index (χ3n) is 2.36. The van der Waals surface area contributed by atoms with Gasteiger partial charge in [0.05, 0.1) is 18.2 Å². The summed E-state index contributed by atoms with van der Waals surface area (Å²) in [4.78, 5) is 10.2. The zero-order chi connectivity index (χ0) is 13.4. The molecule has 0 heterocycles. The van der Waals surface area contributed by atoms with Crippen LogP contribution in [0.1, 0.15) is 18.9 Å². The normalized spacial score (nSPS) is 10.3. The molecule has 1 aromatic rings. The molecule has 5 nitrogen and oxygen atoms in total. The molecule has 0 bridgehead atoms. The Bertz CT molecular complexity index is 399. The van der Waals surface area contributed by atoms with Crippen LogP contribution in [0.2, 0.25) is 0 Å². The number of nitrogens with zero attached hydrogens (tertiary/aromatic N) is 1. The third kappa shape index (κ3) is 4.29. The molecule has 1 rings (SSSR count). The molecular formula is C12H17FN2O3. The second-order valence-electron chi connectivity index (χ2n) is 3.72. The first-order chi connectivity index (χ1) is 8.69. The van der Waals surface area contributed by atoms with Crippen LogP contribution in [0.4, 0.5) is 10.1 Å². The molecule has 0 aliphatic rings. The number of alkyl halides is 1. The van der Waals surface area contributed by atoms with Crippen LogP contribution in [0.3, 0.4) is 0 Å². The van der Waals surface area contributed by atoms with Gasteiger partial charge < -0.3 is 10.1 Å². The summed E-state index contributed by atoms with van der Waals surface area (Å²) in [5.41, 5.74) is 0.741. The molecule has 0 saturated carbocycles. The van der Waals surface area contributed by atoms with Crippen molar-refractivity contribution in [1.29, 1.82) is 0 Å². The summed E-state index contributed by atoms with van der Waals surface area (Å²) in [6, 6.07) is 4.43. The van der Waals surface area contributed by atoms with Crippen LogP contribution in [0.15, 0.2) is 18.2 Å². The van der Waals surface area contributed by atoms with Crippen LogP contribution in [-0.4, -0.2) is 24.7 Å². The molecule has 0 radical (unpaired) electrons. The van der Waals surface area contributed by atoms with Crippen molar-refractivity contribution < 1.29 is 14.1 Å². The average molecular weight is 256 g/mol. The molecular weight excluding hydrogens is 239 g/mol. The van der Waals surface area contributed by atoms with Gasteiger partial charge >= 0.3 is 0 Å². The van der Waals surface area contributed by atoms with E-state index in [4.69, 9.17) is 4.74 Å². The number of benzene rings is 1. The van der Waals surface area contributed by atoms with Gasteiger partial charge in [-0.3, -0.25) is 14.5 Å². The summed E-state index contributed by atoms with van der Waals surface area (Å²) in [7, 11) is 0. The van der Waals surface area contributed by atoms with Crippen molar-refractivity contribution in [2.24, 2.45) is 0 Å². The average Bonchev–Trinajstić information content (AvgIpc) is 2.37. The number of halogens is 1. The van der Waals surface area contributed by atoms with Crippen LogP contribution in [0, 0.1) is 10.1 Å². The Morgan fingerprint density at radius 1 is 1.50 bits per heavy atom. The maximum atomic E-state index is 12.0. The van der Waals surface area contributed by atoms with Gasteiger partial charge in [-0.15, -0.1) is 0 Å². The van der Waals surface area contributed by atoms with E-state index in [9.17, 15) is 14.5 Å². The quantitative estimate of drug-likeness (QED) is 0.441. The van der Waals surface area contributed by atoms with E-state index >= 15 is 0 Å². The summed E-state index contributed by atoms with van der Waals surface area (Å²) >= 11 is 0. The molecule has 1 aromatic carbocycles. The second kappa shape index (κ2) is 7.60. The van der Waals surface area contributed by atoms with Gasteiger partial charge in [-0.2, -0.15) is 0 Å². The number of nitro benzene ring substituents is 1. The molecule has 0 aromatic heterocycles. The van der Waals surface area contributed by atoms with Gasteiger partial charge in [0.1, 0.15) is 5.75 Å². The Kier molecular flexibility index (Phi) is 6.07. The predicted molar refractivity (Wildman–Crippen MR) is 66.6 cm³/mol. The summed E-state index contributed by atoms with van der Waals surface area (Å²) in [5, 5.41) is 13.8. The minimum atomic E-state index is -0.444. The first kappa shape index (κ1) is 14.4. The molecule has 18 heavy (non-hydrogen) atoms. The molecule has 0 aliphatic carbocycles. The topological polar surface area (TPSA) is 64.4 Å². The minimum absolute atomic E-state index is 0.0285. The van der Waals surface area contributed by atoms with Crippen LogP contribution in [0.25, 0.3) is 0 Å². The minimum Gasteiger partial charge on any atom is -0.493 e. The number of nitro groups is 1. The molecule has 0 aliphatic heterocycles. The van der Waals surface area contributed by atoms with Gasteiger partial charge in [-0.1, -0.05) is 6.92 Å². The summed E-state index contributed by atoms with van der Waals surface area (Å²) in [6.07, 6.45) is 0.317. The zero-order valence-electron chi connectivity index (χ0n) is 10.3. The fraction of sp³-hybridized carbons (Fsp3) is 0.500. The van der Waals surface area contributed by atoms with Crippen LogP contribution in [-0.2, 0) is 6.54 Å². The lowest BCUT2D eigenvalue weighted by Crippen LogP contribution is -2.13. The van der Waals surface area contributed by atoms with Crippen molar-refractivity contribution in [1.82, 2.24) is 5.32 Å². The molecule has 0 saturated heterocycles. The maximum absolute atomic E-state index is 12.0. The van der Waals surface area contributed by atoms with Crippen molar-refractivity contribution in [3.05, 3.63) is 33.9 Å². The fourth-order valence-electron chi connectivity index (χ4n) is 1.45. The maximum Gasteiger partial charge on any atom is 0.270 e. The number of ether oxygens (including phenoxy) is 1. The Morgan fingerprint density at radius 2 is 2.28 bits per heavy atom. The van der Waals surface area contributed by atoms with Gasteiger partial charge in [0.2, 0.25) is 0 Å². The summed E-state index contributed by atoms with van der Waals surface area (Å²) < 4.78 is 17.4. The molecule has 1 N–H and O–H groups in total. The zero-order valence-corrected chi connectivity index (χ0v) is 10.3. The van der Waals surface area contributed by atoms with E-state index < -0.39 is 11.6 Å². The van der Waals surface area contributed by atoms with E-state index in [1.54, 1.807) is 6.07 Å². The monoisotopic (exact) mass is 256 g/mol. The van der Waals surface area contributed by atoms with Crippen molar-refractivity contribution in [2.45, 2.75) is 19.9 Å². The molecule has 0 unspecified atom stereocenters. The summed E-state index contributed by atoms with van der Waals surface area (Å²) in [6.45, 7) is 3.03. The lowest BCUT2D eigenvalue weighted by molar-refractivity contribution is -0.384. The van der Waals surface area contributed by atoms with Gasteiger partial charge in [0.25, 0.3) is 5.69 Å². The van der Waals surface area contributed by atoms with Crippen LogP contribution in [0.5, 0.6) is 5.75 Å². The van der Waals surface area contributed by atoms with Crippen LogP contribution >= 0.6 is 0 Å². The second-order valence-corrected chi connectivity index (χ2v) is 3.72. The molecule has 0 amide bonds. The van der Waals surface area contributed by atoms with Gasteiger partial charge in [0.15, 0.2) is 0 Å². The smallest absolute Gasteiger partial charge is 0.270 e. The van der Waals surface area contributed by atoms with E-state index in [1.807, 2.05) is 6.92 Å². The third-order valence-corrected chi connectivity index (χ3v) is 2.36. The number of rotatable bonds is 8. The molecule has 6 heteroatoms. The SMILES string of the molecule is CCNCc1cc([N+](=O)[O-])ccc1OCCCF. The number of hydrogen-bond donors (Lipinski definition) is 1. The fourth-order valence-corrected chi connectivity index (χ4v) is 1.45. The van der Waals surface area contributed by atoms with Gasteiger partial charge in [0, 0.05) is 30.7 Å².